The van der Waals surface area contributed by atoms with Gasteiger partial charge in [0.25, 0.3) is 0 Å². The van der Waals surface area contributed by atoms with Crippen LogP contribution in [-0.4, -0.2) is 40.5 Å². The van der Waals surface area contributed by atoms with Crippen molar-refractivity contribution in [3.05, 3.63) is 57.8 Å². The second-order valence-electron chi connectivity index (χ2n) is 7.76. The van der Waals surface area contributed by atoms with Gasteiger partial charge in [0, 0.05) is 31.4 Å². The number of imidazole rings is 1. The van der Waals surface area contributed by atoms with E-state index in [1.54, 1.807) is 6.07 Å². The molecular weight excluding hydrogens is 391 g/mol. The predicted octanol–water partition coefficient (Wildman–Crippen LogP) is 5.23. The summed E-state index contributed by atoms with van der Waals surface area (Å²) < 4.78 is 2.06. The van der Waals surface area contributed by atoms with Crippen molar-refractivity contribution in [2.75, 3.05) is 26.2 Å². The minimum Gasteiger partial charge on any atom is -0.315 e. The third-order valence-corrected chi connectivity index (χ3v) is 5.88. The van der Waals surface area contributed by atoms with Gasteiger partial charge in [0.2, 0.25) is 0 Å². The van der Waals surface area contributed by atoms with Gasteiger partial charge in [0.15, 0.2) is 5.65 Å². The molecule has 0 bridgehead atoms. The fraction of sp³-hybridized carbons (Fsp3) is 0.409. The summed E-state index contributed by atoms with van der Waals surface area (Å²) in [5, 5.41) is 4.67. The Morgan fingerprint density at radius 3 is 2.64 bits per heavy atom. The Bertz CT molecular complexity index is 955. The van der Waals surface area contributed by atoms with Gasteiger partial charge >= 0.3 is 0 Å². The van der Waals surface area contributed by atoms with Gasteiger partial charge in [-0.25, -0.2) is 4.98 Å². The van der Waals surface area contributed by atoms with Gasteiger partial charge in [-0.1, -0.05) is 61.3 Å². The maximum absolute atomic E-state index is 6.48. The quantitative estimate of drug-likeness (QED) is 0.631. The molecule has 1 saturated heterocycles. The number of nitrogens with zero attached hydrogens (tertiary/aromatic N) is 3. The van der Waals surface area contributed by atoms with Gasteiger partial charge in [-0.15, -0.1) is 0 Å². The van der Waals surface area contributed by atoms with Crippen LogP contribution in [0.3, 0.4) is 0 Å². The zero-order chi connectivity index (χ0) is 19.7. The van der Waals surface area contributed by atoms with Crippen LogP contribution in [-0.2, 0) is 6.54 Å². The molecule has 4 rings (SSSR count). The average Bonchev–Trinajstić information content (AvgIpc) is 2.85. The van der Waals surface area contributed by atoms with Crippen LogP contribution in [0.5, 0.6) is 0 Å². The van der Waals surface area contributed by atoms with Gasteiger partial charge < -0.3 is 5.32 Å². The summed E-state index contributed by atoms with van der Waals surface area (Å²) in [5.41, 5.74) is 5.32. The predicted molar refractivity (Wildman–Crippen MR) is 118 cm³/mol. The van der Waals surface area contributed by atoms with E-state index in [9.17, 15) is 0 Å². The molecule has 0 amide bonds. The lowest BCUT2D eigenvalue weighted by molar-refractivity contribution is 0.281. The van der Waals surface area contributed by atoms with E-state index in [4.69, 9.17) is 28.2 Å². The molecule has 28 heavy (non-hydrogen) atoms. The van der Waals surface area contributed by atoms with Crippen molar-refractivity contribution in [3.8, 4) is 11.3 Å². The number of aromatic nitrogens is 2. The molecule has 4 nitrogen and oxygen atoms in total. The first-order valence-electron chi connectivity index (χ1n) is 9.92. The zero-order valence-corrected chi connectivity index (χ0v) is 17.9. The van der Waals surface area contributed by atoms with Crippen LogP contribution in [0, 0.1) is 0 Å². The third kappa shape index (κ3) is 4.06. The van der Waals surface area contributed by atoms with Gasteiger partial charge in [-0.2, -0.15) is 0 Å². The van der Waals surface area contributed by atoms with E-state index >= 15 is 0 Å². The molecule has 3 heterocycles. The molecule has 1 aliphatic rings. The lowest BCUT2D eigenvalue weighted by Gasteiger charge is -2.20. The molecule has 0 saturated carbocycles. The topological polar surface area (TPSA) is 32.6 Å². The second kappa shape index (κ2) is 8.42. The van der Waals surface area contributed by atoms with Crippen molar-refractivity contribution in [3.63, 3.8) is 0 Å². The number of hydrogen-bond acceptors (Lipinski definition) is 3. The summed E-state index contributed by atoms with van der Waals surface area (Å²) in [6.07, 6.45) is 3.07. The number of benzene rings is 1. The molecule has 1 aromatic carbocycles. The molecule has 0 radical (unpaired) electrons. The highest BCUT2D eigenvalue weighted by Gasteiger charge is 2.20. The normalized spacial score (nSPS) is 16.0. The second-order valence-corrected chi connectivity index (χ2v) is 8.61. The van der Waals surface area contributed by atoms with Gasteiger partial charge in [-0.05, 0) is 37.1 Å². The fourth-order valence-corrected chi connectivity index (χ4v) is 4.31. The standard InChI is InChI=1S/C22H26Cl2N4/c1-15(2)16-4-6-17(7-5-16)21-20(14-27-10-3-8-25-9-11-27)28-13-18(23)12-19(24)22(28)26-21/h4-7,12-13,15,25H,3,8-11,14H2,1-2H3. The minimum absolute atomic E-state index is 0.507. The van der Waals surface area contributed by atoms with Crippen LogP contribution in [0.4, 0.5) is 0 Å². The molecule has 2 aromatic heterocycles. The highest BCUT2D eigenvalue weighted by atomic mass is 35.5. The van der Waals surface area contributed by atoms with E-state index in [1.807, 2.05) is 6.20 Å². The first kappa shape index (κ1) is 19.7. The minimum atomic E-state index is 0.507. The molecule has 1 N–H and O–H groups in total. The number of halogens is 2. The van der Waals surface area contributed by atoms with E-state index in [0.29, 0.717) is 16.0 Å². The Kier molecular flexibility index (Phi) is 5.93. The molecule has 3 aromatic rings. The highest BCUT2D eigenvalue weighted by Crippen LogP contribution is 2.31. The molecule has 148 valence electrons. The number of fused-ring (bicyclic) bond motifs is 1. The molecule has 1 fully saturated rings. The molecule has 0 atom stereocenters. The van der Waals surface area contributed by atoms with Crippen LogP contribution in [0.25, 0.3) is 16.9 Å². The van der Waals surface area contributed by atoms with Gasteiger partial charge in [-0.3, -0.25) is 9.30 Å². The van der Waals surface area contributed by atoms with Crippen molar-refractivity contribution < 1.29 is 0 Å². The van der Waals surface area contributed by atoms with Crippen molar-refractivity contribution in [2.24, 2.45) is 0 Å². The summed E-state index contributed by atoms with van der Waals surface area (Å²) in [4.78, 5) is 7.39. The molecule has 0 unspecified atom stereocenters. The fourth-order valence-electron chi connectivity index (χ4n) is 3.80. The summed E-state index contributed by atoms with van der Waals surface area (Å²) in [7, 11) is 0. The van der Waals surface area contributed by atoms with Crippen molar-refractivity contribution in [1.82, 2.24) is 19.6 Å². The van der Waals surface area contributed by atoms with E-state index in [0.717, 1.165) is 61.7 Å². The van der Waals surface area contributed by atoms with Gasteiger partial charge in [0.1, 0.15) is 0 Å². The maximum Gasteiger partial charge on any atom is 0.156 e. The number of pyridine rings is 1. The van der Waals surface area contributed by atoms with Crippen LogP contribution in [0.15, 0.2) is 36.5 Å². The van der Waals surface area contributed by atoms with E-state index in [-0.39, 0.29) is 0 Å². The molecule has 0 spiro atoms. The SMILES string of the molecule is CC(C)c1ccc(-c2nc3c(Cl)cc(Cl)cn3c2CN2CCCNCC2)cc1. The van der Waals surface area contributed by atoms with Crippen molar-refractivity contribution >= 4 is 28.8 Å². The molecular formula is C22H26Cl2N4. The van der Waals surface area contributed by atoms with Crippen LogP contribution in [0.1, 0.15) is 37.4 Å². The van der Waals surface area contributed by atoms with E-state index in [2.05, 4.69) is 52.7 Å². The van der Waals surface area contributed by atoms with Crippen molar-refractivity contribution in [1.29, 1.82) is 0 Å². The smallest absolute Gasteiger partial charge is 0.156 e. The Hall–Kier alpha value is -1.59. The van der Waals surface area contributed by atoms with Crippen LogP contribution < -0.4 is 5.32 Å². The first-order chi connectivity index (χ1) is 13.5. The van der Waals surface area contributed by atoms with E-state index < -0.39 is 0 Å². The summed E-state index contributed by atoms with van der Waals surface area (Å²) in [6, 6.07) is 10.5. The molecule has 0 aliphatic carbocycles. The molecule has 1 aliphatic heterocycles. The highest BCUT2D eigenvalue weighted by molar-refractivity contribution is 6.36. The number of rotatable bonds is 4. The average molecular weight is 417 g/mol. The number of nitrogens with one attached hydrogen (secondary N) is 1. The summed E-state index contributed by atoms with van der Waals surface area (Å²) in [6.45, 7) is 9.41. The maximum atomic E-state index is 6.48. The third-order valence-electron chi connectivity index (χ3n) is 5.40. The summed E-state index contributed by atoms with van der Waals surface area (Å²) in [5.74, 6) is 0.507. The Labute approximate surface area is 176 Å². The van der Waals surface area contributed by atoms with Gasteiger partial charge in [0.05, 0.1) is 21.4 Å². The van der Waals surface area contributed by atoms with Crippen LogP contribution in [0.2, 0.25) is 10.0 Å². The van der Waals surface area contributed by atoms with Crippen molar-refractivity contribution in [2.45, 2.75) is 32.7 Å². The zero-order valence-electron chi connectivity index (χ0n) is 16.4. The summed E-state index contributed by atoms with van der Waals surface area (Å²) >= 11 is 12.8. The lowest BCUT2D eigenvalue weighted by Crippen LogP contribution is -2.28. The Balaban J connectivity index is 1.80. The van der Waals surface area contributed by atoms with E-state index in [1.165, 1.54) is 5.56 Å². The molecule has 6 heteroatoms. The lowest BCUT2D eigenvalue weighted by atomic mass is 10.0. The number of hydrogen-bond donors (Lipinski definition) is 1. The Morgan fingerprint density at radius 2 is 1.89 bits per heavy atom. The first-order valence-corrected chi connectivity index (χ1v) is 10.7. The Morgan fingerprint density at radius 1 is 1.11 bits per heavy atom. The largest absolute Gasteiger partial charge is 0.315 e. The van der Waals surface area contributed by atoms with Crippen LogP contribution >= 0.6 is 23.2 Å². The monoisotopic (exact) mass is 416 g/mol.